The molecule has 0 aliphatic carbocycles. The van der Waals surface area contributed by atoms with E-state index in [1.807, 2.05) is 24.3 Å². The number of amides is 7. The lowest BCUT2D eigenvalue weighted by molar-refractivity contribution is -0.136. The summed E-state index contributed by atoms with van der Waals surface area (Å²) in [5, 5.41) is 60.4. The fraction of sp³-hybridized carbons (Fsp3) is 0.449. The third-order valence-electron chi connectivity index (χ3n) is 11.9. The molecule has 10 unspecified atom stereocenters. The molecule has 7 amide bonds. The smallest absolute Gasteiger partial charge is 0.245 e. The van der Waals surface area contributed by atoms with Crippen molar-refractivity contribution in [3.05, 3.63) is 102 Å². The van der Waals surface area contributed by atoms with Gasteiger partial charge < -0.3 is 74.1 Å². The number of phenolic OH excluding ortho intramolecular Hbond substituents is 1. The van der Waals surface area contributed by atoms with Gasteiger partial charge in [-0.05, 0) is 81.0 Å². The number of aromatic amines is 1. The second kappa shape index (κ2) is 28.1. The molecule has 16 N–H and O–H groups in total. The van der Waals surface area contributed by atoms with Gasteiger partial charge in [0.1, 0.15) is 42.0 Å². The summed E-state index contributed by atoms with van der Waals surface area (Å²) in [5.41, 5.74) is 14.8. The number of aliphatic hydroxyl groups excluding tert-OH is 3. The highest BCUT2D eigenvalue weighted by atomic mass is 33.1. The number of carbonyl (C=O) groups excluding carboxylic acids is 7. The Morgan fingerprint density at radius 2 is 1.36 bits per heavy atom. The molecule has 0 bridgehead atoms. The number of para-hydroxylation sites is 1. The fourth-order valence-corrected chi connectivity index (χ4v) is 10.1. The molecule has 1 aromatic heterocycles. The first-order chi connectivity index (χ1) is 34.5. The number of carbonyl (C=O) groups is 7. The van der Waals surface area contributed by atoms with Crippen LogP contribution in [-0.4, -0.2) is 152 Å². The summed E-state index contributed by atoms with van der Waals surface area (Å²) in [6.45, 7) is 2.18. The van der Waals surface area contributed by atoms with E-state index in [1.165, 1.54) is 26.0 Å². The number of H-pyrrole nitrogens is 1. The molecule has 0 spiro atoms. The summed E-state index contributed by atoms with van der Waals surface area (Å²) in [6.07, 6.45) is -0.426. The van der Waals surface area contributed by atoms with Crippen LogP contribution in [-0.2, 0) is 52.8 Å². The van der Waals surface area contributed by atoms with Crippen LogP contribution in [0.4, 0.5) is 0 Å². The zero-order valence-corrected chi connectivity index (χ0v) is 41.7. The summed E-state index contributed by atoms with van der Waals surface area (Å²) in [5.74, 6) is -6.33. The number of nitrogens with one attached hydrogen (secondary N) is 8. The van der Waals surface area contributed by atoms with Crippen molar-refractivity contribution in [2.24, 2.45) is 11.5 Å². The Morgan fingerprint density at radius 1 is 0.736 bits per heavy atom. The Kier molecular flexibility index (Phi) is 22.2. The second-order valence-corrected chi connectivity index (χ2v) is 20.2. The molecule has 1 saturated heterocycles. The standard InChI is InChI=1S/C49H66N10O11S2/c1-27(61)39(24-60)56-48(69)41-26-72-71-25-40(57-43(64)34(51)20-29-10-4-3-5-11-29)47(68)54-37(21-30-15-17-32(63)18-16-30)45(66)55-38(22-31-23-52-35-13-7-6-12-33(31)35)46(67)53-36(14-8-9-19-50)44(65)59-42(28(2)62)49(70)58-41/h3-7,10-13,15-18,23,27-28,34,36-42,52,60-63H,8-9,14,19-22,24-26,50-51H2,1-2H3,(H,53,67)(H,54,68)(H,55,66)(H,56,69)(H,57,64)(H,58,70)(H,59,65). The number of phenols is 1. The summed E-state index contributed by atoms with van der Waals surface area (Å²) in [7, 11) is 2.01. The molecule has 1 aliphatic rings. The van der Waals surface area contributed by atoms with Crippen molar-refractivity contribution >= 4 is 73.8 Å². The highest BCUT2D eigenvalue weighted by Gasteiger charge is 2.36. The Balaban J connectivity index is 1.57. The topological polar surface area (TPSA) is 352 Å². The minimum Gasteiger partial charge on any atom is -0.508 e. The summed E-state index contributed by atoms with van der Waals surface area (Å²) in [6, 6.07) is 11.3. The largest absolute Gasteiger partial charge is 0.508 e. The van der Waals surface area contributed by atoms with E-state index in [-0.39, 0.29) is 49.5 Å². The van der Waals surface area contributed by atoms with E-state index in [2.05, 4.69) is 42.2 Å². The molecule has 0 saturated carbocycles. The molecule has 1 fully saturated rings. The van der Waals surface area contributed by atoms with Gasteiger partial charge in [0.05, 0.1) is 30.9 Å². The molecule has 0 radical (unpaired) electrons. The molecule has 2 heterocycles. The van der Waals surface area contributed by atoms with Crippen molar-refractivity contribution < 1.29 is 54.0 Å². The maximum Gasteiger partial charge on any atom is 0.245 e. The lowest BCUT2D eigenvalue weighted by atomic mass is 10.0. The summed E-state index contributed by atoms with van der Waals surface area (Å²) in [4.78, 5) is 103. The molecule has 1 aliphatic heterocycles. The number of unbranched alkanes of at least 4 members (excludes halogenated alkanes) is 1. The van der Waals surface area contributed by atoms with E-state index in [0.29, 0.717) is 24.0 Å². The quantitative estimate of drug-likeness (QED) is 0.0441. The Morgan fingerprint density at radius 3 is 2.03 bits per heavy atom. The minimum absolute atomic E-state index is 0.0130. The monoisotopic (exact) mass is 1030 g/mol. The van der Waals surface area contributed by atoms with E-state index in [0.717, 1.165) is 38.1 Å². The van der Waals surface area contributed by atoms with E-state index in [9.17, 15) is 54.0 Å². The third kappa shape index (κ3) is 17.0. The van der Waals surface area contributed by atoms with Gasteiger partial charge >= 0.3 is 0 Å². The first kappa shape index (κ1) is 56.7. The molecule has 3 aromatic carbocycles. The van der Waals surface area contributed by atoms with Gasteiger partial charge in [-0.3, -0.25) is 33.6 Å². The van der Waals surface area contributed by atoms with Crippen molar-refractivity contribution in [1.29, 1.82) is 0 Å². The first-order valence-corrected chi connectivity index (χ1v) is 26.1. The van der Waals surface area contributed by atoms with Gasteiger partial charge in [-0.15, -0.1) is 0 Å². The molecular formula is C49H66N10O11S2. The average molecular weight is 1040 g/mol. The molecule has 10 atom stereocenters. The van der Waals surface area contributed by atoms with Crippen LogP contribution in [0.25, 0.3) is 10.9 Å². The maximum absolute atomic E-state index is 14.7. The van der Waals surface area contributed by atoms with Crippen LogP contribution in [0.2, 0.25) is 0 Å². The first-order valence-electron chi connectivity index (χ1n) is 23.6. The van der Waals surface area contributed by atoms with E-state index < -0.39 is 108 Å². The van der Waals surface area contributed by atoms with Gasteiger partial charge in [0.25, 0.3) is 0 Å². The SMILES string of the molecule is CC(O)C(CO)NC(=O)C1CSSCC(NC(=O)C(N)Cc2ccccc2)C(=O)NC(Cc2ccc(O)cc2)C(=O)NC(Cc2c[nH]c3ccccc23)C(=O)NC(CCCCN)C(=O)NC(C(C)O)C(=O)N1. The third-order valence-corrected chi connectivity index (χ3v) is 14.4. The Labute approximate surface area is 424 Å². The number of hydrogen-bond acceptors (Lipinski definition) is 15. The van der Waals surface area contributed by atoms with Gasteiger partial charge in [-0.1, -0.05) is 82.3 Å². The Hall–Kier alpha value is -6.21. The second-order valence-electron chi connectivity index (χ2n) is 17.7. The van der Waals surface area contributed by atoms with Crippen LogP contribution in [0.3, 0.4) is 0 Å². The number of rotatable bonds is 17. The van der Waals surface area contributed by atoms with Gasteiger partial charge in [0.15, 0.2) is 0 Å². The van der Waals surface area contributed by atoms with Gasteiger partial charge in [0.2, 0.25) is 41.4 Å². The predicted octanol–water partition coefficient (Wildman–Crippen LogP) is -1.10. The predicted molar refractivity (Wildman–Crippen MR) is 274 cm³/mol. The maximum atomic E-state index is 14.7. The normalized spacial score (nSPS) is 22.7. The number of benzene rings is 3. The number of aromatic hydroxyl groups is 1. The van der Waals surface area contributed by atoms with Crippen molar-refractivity contribution in [3.63, 3.8) is 0 Å². The van der Waals surface area contributed by atoms with E-state index in [1.54, 1.807) is 48.7 Å². The fourth-order valence-electron chi connectivity index (χ4n) is 7.75. The molecular weight excluding hydrogens is 969 g/mol. The van der Waals surface area contributed by atoms with Gasteiger partial charge in [-0.2, -0.15) is 0 Å². The van der Waals surface area contributed by atoms with Gasteiger partial charge in [0, 0.05) is 41.4 Å². The summed E-state index contributed by atoms with van der Waals surface area (Å²) >= 11 is 0. The van der Waals surface area contributed by atoms with Gasteiger partial charge in [-0.25, -0.2) is 0 Å². The van der Waals surface area contributed by atoms with Crippen LogP contribution in [0.15, 0.2) is 85.1 Å². The zero-order chi connectivity index (χ0) is 52.3. The zero-order valence-electron chi connectivity index (χ0n) is 40.0. The lowest BCUT2D eigenvalue weighted by Crippen LogP contribution is -2.62. The van der Waals surface area contributed by atoms with E-state index in [4.69, 9.17) is 11.5 Å². The van der Waals surface area contributed by atoms with Crippen molar-refractivity contribution in [2.45, 2.75) is 113 Å². The van der Waals surface area contributed by atoms with Crippen LogP contribution < -0.4 is 48.7 Å². The number of nitrogens with two attached hydrogens (primary N) is 2. The van der Waals surface area contributed by atoms with Crippen molar-refractivity contribution in [3.8, 4) is 5.75 Å². The average Bonchev–Trinajstić information content (AvgIpc) is 3.77. The molecule has 23 heteroatoms. The molecule has 5 rings (SSSR count). The molecule has 21 nitrogen and oxygen atoms in total. The van der Waals surface area contributed by atoms with Crippen LogP contribution in [0, 0.1) is 0 Å². The van der Waals surface area contributed by atoms with Crippen LogP contribution in [0.1, 0.15) is 49.8 Å². The van der Waals surface area contributed by atoms with Crippen LogP contribution in [0.5, 0.6) is 5.75 Å². The van der Waals surface area contributed by atoms with Crippen molar-refractivity contribution in [2.75, 3.05) is 24.7 Å². The number of aromatic nitrogens is 1. The molecule has 390 valence electrons. The number of hydrogen-bond donors (Lipinski definition) is 14. The van der Waals surface area contributed by atoms with Crippen LogP contribution >= 0.6 is 21.6 Å². The minimum atomic E-state index is -1.68. The van der Waals surface area contributed by atoms with Crippen molar-refractivity contribution in [1.82, 2.24) is 42.2 Å². The number of aliphatic hydroxyl groups is 3. The highest BCUT2D eigenvalue weighted by molar-refractivity contribution is 8.76. The molecule has 4 aromatic rings. The lowest BCUT2D eigenvalue weighted by Gasteiger charge is -2.29. The Bertz CT molecular complexity index is 2450. The highest BCUT2D eigenvalue weighted by Crippen LogP contribution is 2.24. The number of fused-ring (bicyclic) bond motifs is 1. The molecule has 72 heavy (non-hydrogen) atoms. The van der Waals surface area contributed by atoms with E-state index >= 15 is 0 Å². The summed E-state index contributed by atoms with van der Waals surface area (Å²) < 4.78 is 0.